The SMILES string of the molecule is CC(C)C1=C2C3CCC4[C@@]5(C)CC[C@H](OC(=O)CC(C)(C)C(=O)O)C(C)(C)C5CC[C@@]4(C)[C@]3(C)CC[C@@]2(NC(=O)N2CCC(F)(F)C2)CC1=O. The largest absolute Gasteiger partial charge is 0.481 e. The van der Waals surface area contributed by atoms with Crippen LogP contribution in [0.25, 0.3) is 0 Å². The first kappa shape index (κ1) is 37.2. The van der Waals surface area contributed by atoms with E-state index in [4.69, 9.17) is 4.74 Å². The monoisotopic (exact) mass is 702 g/mol. The Morgan fingerprint density at radius 2 is 1.62 bits per heavy atom. The molecule has 0 aromatic carbocycles. The Morgan fingerprint density at radius 1 is 0.940 bits per heavy atom. The molecule has 0 aromatic heterocycles. The van der Waals surface area contributed by atoms with Crippen LogP contribution in [0.15, 0.2) is 11.1 Å². The van der Waals surface area contributed by atoms with Gasteiger partial charge in [-0.05, 0) is 116 Å². The van der Waals surface area contributed by atoms with E-state index in [0.29, 0.717) is 18.3 Å². The van der Waals surface area contributed by atoms with Gasteiger partial charge in [0.2, 0.25) is 0 Å². The molecule has 6 aliphatic rings. The van der Waals surface area contributed by atoms with Gasteiger partial charge < -0.3 is 20.1 Å². The van der Waals surface area contributed by atoms with Gasteiger partial charge in [-0.2, -0.15) is 0 Å². The molecule has 8 atom stereocenters. The Kier molecular flexibility index (Phi) is 8.75. The summed E-state index contributed by atoms with van der Waals surface area (Å²) in [6, 6.07) is -0.486. The van der Waals surface area contributed by atoms with Gasteiger partial charge in [0.15, 0.2) is 5.78 Å². The van der Waals surface area contributed by atoms with Crippen molar-refractivity contribution in [3.05, 3.63) is 11.1 Å². The number of Topliss-reactive ketones (excluding diaryl/α,β-unsaturated/α-hetero) is 1. The molecule has 10 heteroatoms. The molecule has 0 aromatic rings. The second-order valence-corrected chi connectivity index (χ2v) is 19.4. The Bertz CT molecular complexity index is 1500. The van der Waals surface area contributed by atoms with Crippen LogP contribution in [0.3, 0.4) is 0 Å². The number of ether oxygens (including phenoxy) is 1. The molecule has 2 amide bonds. The Morgan fingerprint density at radius 3 is 2.22 bits per heavy atom. The number of alkyl halides is 2. The maximum absolute atomic E-state index is 14.1. The maximum Gasteiger partial charge on any atom is 0.318 e. The van der Waals surface area contributed by atoms with E-state index in [1.807, 2.05) is 0 Å². The summed E-state index contributed by atoms with van der Waals surface area (Å²) in [6.07, 6.45) is 6.39. The second-order valence-electron chi connectivity index (χ2n) is 19.4. The van der Waals surface area contributed by atoms with E-state index in [-0.39, 0.29) is 71.2 Å². The number of carbonyl (C=O) groups is 4. The number of aliphatic carboxylic acids is 1. The minimum atomic E-state index is -2.89. The van der Waals surface area contributed by atoms with Gasteiger partial charge in [-0.15, -0.1) is 0 Å². The number of carboxylic acids is 1. The van der Waals surface area contributed by atoms with Crippen molar-refractivity contribution in [1.29, 1.82) is 0 Å². The van der Waals surface area contributed by atoms with Crippen molar-refractivity contribution < 1.29 is 37.8 Å². The van der Waals surface area contributed by atoms with Crippen molar-refractivity contribution in [3.8, 4) is 0 Å². The maximum atomic E-state index is 14.1. The van der Waals surface area contributed by atoms with Gasteiger partial charge in [0, 0.05) is 24.8 Å². The summed E-state index contributed by atoms with van der Waals surface area (Å²) in [4.78, 5) is 53.4. The molecule has 1 heterocycles. The number of rotatable bonds is 6. The third kappa shape index (κ3) is 5.45. The number of urea groups is 1. The van der Waals surface area contributed by atoms with Crippen molar-refractivity contribution >= 4 is 23.8 Å². The summed E-state index contributed by atoms with van der Waals surface area (Å²) in [5.41, 5.74) is -0.573. The number of amides is 2. The molecule has 280 valence electrons. The number of esters is 1. The average Bonchev–Trinajstić information content (AvgIpc) is 3.50. The fourth-order valence-corrected chi connectivity index (χ4v) is 12.8. The van der Waals surface area contributed by atoms with E-state index >= 15 is 0 Å². The molecule has 5 aliphatic carbocycles. The number of halogens is 2. The molecule has 0 bridgehead atoms. The average molecular weight is 703 g/mol. The Labute approximate surface area is 296 Å². The lowest BCUT2D eigenvalue weighted by molar-refractivity contribution is -0.232. The zero-order valence-electron chi connectivity index (χ0n) is 31.8. The van der Waals surface area contributed by atoms with Gasteiger partial charge in [-0.25, -0.2) is 13.6 Å². The fourth-order valence-electron chi connectivity index (χ4n) is 12.8. The molecule has 8 nitrogen and oxygen atoms in total. The van der Waals surface area contributed by atoms with Crippen molar-refractivity contribution in [2.75, 3.05) is 13.1 Å². The summed E-state index contributed by atoms with van der Waals surface area (Å²) < 4.78 is 34.4. The van der Waals surface area contributed by atoms with Crippen LogP contribution in [0.2, 0.25) is 0 Å². The lowest BCUT2D eigenvalue weighted by Gasteiger charge is -2.72. The van der Waals surface area contributed by atoms with Crippen LogP contribution in [0, 0.1) is 50.7 Å². The van der Waals surface area contributed by atoms with Crippen LogP contribution in [-0.4, -0.2) is 64.4 Å². The molecule has 0 radical (unpaired) electrons. The number of nitrogens with zero attached hydrogens (tertiary/aromatic N) is 1. The number of fused-ring (bicyclic) bond motifs is 7. The van der Waals surface area contributed by atoms with Gasteiger partial charge in [-0.3, -0.25) is 14.4 Å². The summed E-state index contributed by atoms with van der Waals surface area (Å²) in [7, 11) is 0. The lowest BCUT2D eigenvalue weighted by atomic mass is 9.33. The van der Waals surface area contributed by atoms with Crippen LogP contribution in [0.5, 0.6) is 0 Å². The molecule has 0 spiro atoms. The zero-order valence-corrected chi connectivity index (χ0v) is 31.8. The molecule has 50 heavy (non-hydrogen) atoms. The molecule has 3 unspecified atom stereocenters. The normalized spacial score (nSPS) is 40.5. The van der Waals surface area contributed by atoms with Crippen LogP contribution >= 0.6 is 0 Å². The third-order valence-corrected chi connectivity index (χ3v) is 15.6. The third-order valence-electron chi connectivity index (χ3n) is 15.6. The van der Waals surface area contributed by atoms with Crippen molar-refractivity contribution in [3.63, 3.8) is 0 Å². The van der Waals surface area contributed by atoms with E-state index in [1.54, 1.807) is 13.8 Å². The number of allylic oxidation sites excluding steroid dienone is 1. The van der Waals surface area contributed by atoms with Crippen LogP contribution < -0.4 is 5.32 Å². The van der Waals surface area contributed by atoms with Crippen LogP contribution in [0.1, 0.15) is 133 Å². The molecule has 2 N–H and O–H groups in total. The number of hydrogen-bond acceptors (Lipinski definition) is 5. The van der Waals surface area contributed by atoms with E-state index in [0.717, 1.165) is 56.1 Å². The summed E-state index contributed by atoms with van der Waals surface area (Å²) >= 11 is 0. The van der Waals surface area contributed by atoms with Crippen molar-refractivity contribution in [2.24, 2.45) is 50.7 Å². The molecule has 1 aliphatic heterocycles. The summed E-state index contributed by atoms with van der Waals surface area (Å²) in [6.45, 7) is 18.4. The summed E-state index contributed by atoms with van der Waals surface area (Å²) in [5.74, 6) is -3.46. The highest BCUT2D eigenvalue weighted by atomic mass is 19.3. The molecular weight excluding hydrogens is 642 g/mol. The van der Waals surface area contributed by atoms with Crippen LogP contribution in [0.4, 0.5) is 13.6 Å². The minimum Gasteiger partial charge on any atom is -0.481 e. The molecule has 6 rings (SSSR count). The van der Waals surface area contributed by atoms with E-state index in [1.165, 1.54) is 4.90 Å². The number of carboxylic acid groups (broad SMARTS) is 1. The number of nitrogens with one attached hydrogen (secondary N) is 1. The highest BCUT2D eigenvalue weighted by Crippen LogP contribution is 2.76. The fraction of sp³-hybridized carbons (Fsp3) is 0.850. The predicted octanol–water partition coefficient (Wildman–Crippen LogP) is 8.18. The standard InChI is InChI=1S/C40H60F2N2O6/c1-23(2)30-25(45)20-39(43-33(49)44-19-18-40(41,42)22-44)17-16-37(8)24(31(30)39)10-11-27-36(7)14-13-28(50-29(46)21-34(3,4)32(47)48)35(5,6)26(36)12-15-38(27,37)9/h23-24,26-28H,10-22H2,1-9H3,(H,43,49)(H,47,48)/t24?,26?,27?,28-,36-,37+,38+,39+/m0/s1. The van der Waals surface area contributed by atoms with Crippen molar-refractivity contribution in [1.82, 2.24) is 10.2 Å². The number of ketones is 1. The first-order chi connectivity index (χ1) is 22.9. The molecule has 5 fully saturated rings. The Balaban J connectivity index is 1.28. The first-order valence-corrected chi connectivity index (χ1v) is 19.1. The quantitative estimate of drug-likeness (QED) is 0.270. The van der Waals surface area contributed by atoms with E-state index in [2.05, 4.69) is 53.8 Å². The molecule has 4 saturated carbocycles. The second kappa shape index (κ2) is 11.7. The lowest BCUT2D eigenvalue weighted by Crippen LogP contribution is -2.67. The molecular formula is C40H60F2N2O6. The van der Waals surface area contributed by atoms with Gasteiger partial charge in [-0.1, -0.05) is 48.5 Å². The van der Waals surface area contributed by atoms with E-state index in [9.17, 15) is 33.1 Å². The first-order valence-electron chi connectivity index (χ1n) is 19.1. The van der Waals surface area contributed by atoms with Crippen molar-refractivity contribution in [2.45, 2.75) is 151 Å². The zero-order chi connectivity index (χ0) is 37.0. The topological polar surface area (TPSA) is 113 Å². The predicted molar refractivity (Wildman–Crippen MR) is 185 cm³/mol. The number of carbonyl (C=O) groups excluding carboxylic acids is 3. The van der Waals surface area contributed by atoms with Crippen LogP contribution in [-0.2, 0) is 19.1 Å². The highest BCUT2D eigenvalue weighted by molar-refractivity contribution is 6.02. The number of likely N-dealkylation sites (tertiary alicyclic amines) is 1. The van der Waals surface area contributed by atoms with Gasteiger partial charge in [0.1, 0.15) is 6.10 Å². The van der Waals surface area contributed by atoms with E-state index < -0.39 is 41.4 Å². The Hall–Kier alpha value is -2.52. The summed E-state index contributed by atoms with van der Waals surface area (Å²) in [5, 5.41) is 12.8. The number of hydrogen-bond donors (Lipinski definition) is 2. The van der Waals surface area contributed by atoms with Gasteiger partial charge >= 0.3 is 18.0 Å². The highest BCUT2D eigenvalue weighted by Gasteiger charge is 2.70. The smallest absolute Gasteiger partial charge is 0.318 e. The molecule has 1 saturated heterocycles. The van der Waals surface area contributed by atoms with Gasteiger partial charge in [0.25, 0.3) is 5.92 Å². The minimum absolute atomic E-state index is 0.00177. The van der Waals surface area contributed by atoms with Gasteiger partial charge in [0.05, 0.1) is 23.9 Å².